The number of amides is 1. The predicted molar refractivity (Wildman–Crippen MR) is 96.7 cm³/mol. The van der Waals surface area contributed by atoms with E-state index in [-0.39, 0.29) is 12.0 Å². The van der Waals surface area contributed by atoms with Crippen LogP contribution in [0, 0.1) is 5.92 Å². The number of hydrogen-bond donors (Lipinski definition) is 1. The zero-order chi connectivity index (χ0) is 19.1. The molecule has 1 aliphatic heterocycles. The molecule has 1 saturated heterocycles. The second-order valence-corrected chi connectivity index (χ2v) is 8.62. The standard InChI is InChI=1S/C18H23BrN2O5/c1-17(2,3)26-16(24)21-9-11-7-13(21)18(8-11,25-10-14(22)23)12-5-4-6-20-15(12)19/h4-6,11,13H,7-10H2,1-3H3,(H,22,23). The highest BCUT2D eigenvalue weighted by Crippen LogP contribution is 2.53. The summed E-state index contributed by atoms with van der Waals surface area (Å²) in [5, 5.41) is 9.14. The fourth-order valence-electron chi connectivity index (χ4n) is 4.01. The van der Waals surface area contributed by atoms with Crippen LogP contribution in [0.25, 0.3) is 0 Å². The van der Waals surface area contributed by atoms with Crippen LogP contribution in [0.3, 0.4) is 0 Å². The molecule has 3 rings (SSSR count). The van der Waals surface area contributed by atoms with Crippen LogP contribution in [0.15, 0.2) is 22.9 Å². The minimum Gasteiger partial charge on any atom is -0.480 e. The molecule has 0 radical (unpaired) electrons. The van der Waals surface area contributed by atoms with Crippen molar-refractivity contribution in [2.45, 2.75) is 50.9 Å². The molecule has 8 heteroatoms. The molecule has 26 heavy (non-hydrogen) atoms. The number of hydrogen-bond acceptors (Lipinski definition) is 5. The van der Waals surface area contributed by atoms with Gasteiger partial charge in [0.2, 0.25) is 0 Å². The van der Waals surface area contributed by atoms with Gasteiger partial charge in [-0.2, -0.15) is 0 Å². The van der Waals surface area contributed by atoms with Gasteiger partial charge in [-0.05, 0) is 61.5 Å². The van der Waals surface area contributed by atoms with Crippen LogP contribution in [0.4, 0.5) is 4.79 Å². The Kier molecular flexibility index (Phi) is 5.00. The number of nitrogens with zero attached hydrogens (tertiary/aromatic N) is 2. The summed E-state index contributed by atoms with van der Waals surface area (Å²) >= 11 is 3.45. The number of pyridine rings is 1. The molecule has 3 unspecified atom stereocenters. The first-order valence-electron chi connectivity index (χ1n) is 8.59. The molecule has 1 amide bonds. The van der Waals surface area contributed by atoms with Crippen LogP contribution < -0.4 is 0 Å². The van der Waals surface area contributed by atoms with Gasteiger partial charge >= 0.3 is 12.1 Å². The molecule has 0 spiro atoms. The molecule has 1 aliphatic carbocycles. The Morgan fingerprint density at radius 3 is 2.77 bits per heavy atom. The van der Waals surface area contributed by atoms with Crippen molar-refractivity contribution in [3.63, 3.8) is 0 Å². The zero-order valence-electron chi connectivity index (χ0n) is 15.1. The van der Waals surface area contributed by atoms with E-state index in [0.29, 0.717) is 17.6 Å². The summed E-state index contributed by atoms with van der Waals surface area (Å²) < 4.78 is 12.1. The van der Waals surface area contributed by atoms with Gasteiger partial charge in [-0.1, -0.05) is 6.07 Å². The van der Waals surface area contributed by atoms with Crippen LogP contribution in [0.2, 0.25) is 0 Å². The summed E-state index contributed by atoms with van der Waals surface area (Å²) in [5.41, 5.74) is -0.744. The van der Waals surface area contributed by atoms with E-state index in [2.05, 4.69) is 20.9 Å². The number of carbonyl (C=O) groups excluding carboxylic acids is 1. The number of piperidine rings is 1. The highest BCUT2D eigenvalue weighted by atomic mass is 79.9. The van der Waals surface area contributed by atoms with Gasteiger partial charge in [0, 0.05) is 18.3 Å². The Morgan fingerprint density at radius 1 is 1.46 bits per heavy atom. The topological polar surface area (TPSA) is 89.0 Å². The fraction of sp³-hybridized carbons (Fsp3) is 0.611. The molecule has 1 aromatic heterocycles. The molecular weight excluding hydrogens is 404 g/mol. The molecular formula is C18H23BrN2O5. The van der Waals surface area contributed by atoms with Crippen molar-refractivity contribution in [2.24, 2.45) is 5.92 Å². The SMILES string of the molecule is CC(C)(C)OC(=O)N1CC2CC1C(OCC(=O)O)(c1cccnc1Br)C2. The fourth-order valence-corrected chi connectivity index (χ4v) is 4.60. The maximum absolute atomic E-state index is 12.7. The molecule has 2 aliphatic rings. The largest absolute Gasteiger partial charge is 0.480 e. The lowest BCUT2D eigenvalue weighted by Gasteiger charge is -2.43. The number of rotatable bonds is 4. The van der Waals surface area contributed by atoms with Gasteiger partial charge in [0.1, 0.15) is 22.4 Å². The summed E-state index contributed by atoms with van der Waals surface area (Å²) in [6.45, 7) is 5.63. The predicted octanol–water partition coefficient (Wildman–Crippen LogP) is 3.17. The highest BCUT2D eigenvalue weighted by molar-refractivity contribution is 9.10. The number of carboxylic acids is 1. The number of halogens is 1. The normalized spacial score (nSPS) is 27.6. The van der Waals surface area contributed by atoms with Crippen molar-refractivity contribution in [3.05, 3.63) is 28.5 Å². The van der Waals surface area contributed by atoms with Crippen LogP contribution in [-0.2, 0) is 19.9 Å². The van der Waals surface area contributed by atoms with Crippen molar-refractivity contribution in [3.8, 4) is 0 Å². The minimum atomic E-state index is -1.05. The van der Waals surface area contributed by atoms with Gasteiger partial charge < -0.3 is 19.5 Å². The van der Waals surface area contributed by atoms with Gasteiger partial charge in [-0.3, -0.25) is 0 Å². The molecule has 2 heterocycles. The van der Waals surface area contributed by atoms with E-state index in [1.807, 2.05) is 26.8 Å². The lowest BCUT2D eigenvalue weighted by molar-refractivity contribution is -0.157. The number of likely N-dealkylation sites (tertiary alicyclic amines) is 1. The Labute approximate surface area is 160 Å². The first-order valence-corrected chi connectivity index (χ1v) is 9.38. The quantitative estimate of drug-likeness (QED) is 0.743. The van der Waals surface area contributed by atoms with E-state index in [1.165, 1.54) is 0 Å². The molecule has 2 fully saturated rings. The summed E-state index contributed by atoms with van der Waals surface area (Å²) in [4.78, 5) is 29.8. The highest BCUT2D eigenvalue weighted by Gasteiger charge is 2.59. The second-order valence-electron chi connectivity index (χ2n) is 7.87. The molecule has 142 valence electrons. The summed E-state index contributed by atoms with van der Waals surface area (Å²) in [6, 6.07) is 3.37. The Morgan fingerprint density at radius 2 is 2.19 bits per heavy atom. The molecule has 2 bridgehead atoms. The Balaban J connectivity index is 1.96. The van der Waals surface area contributed by atoms with E-state index >= 15 is 0 Å². The number of aromatic nitrogens is 1. The lowest BCUT2D eigenvalue weighted by atomic mass is 9.86. The van der Waals surface area contributed by atoms with E-state index in [1.54, 1.807) is 17.2 Å². The summed E-state index contributed by atoms with van der Waals surface area (Å²) in [7, 11) is 0. The van der Waals surface area contributed by atoms with E-state index in [9.17, 15) is 9.59 Å². The van der Waals surface area contributed by atoms with Crippen molar-refractivity contribution in [1.29, 1.82) is 0 Å². The third-order valence-corrected chi connectivity index (χ3v) is 5.45. The maximum atomic E-state index is 12.7. The van der Waals surface area contributed by atoms with Crippen LogP contribution in [0.5, 0.6) is 0 Å². The molecule has 0 aromatic carbocycles. The molecule has 1 saturated carbocycles. The van der Waals surface area contributed by atoms with E-state index in [0.717, 1.165) is 12.0 Å². The van der Waals surface area contributed by atoms with Crippen LogP contribution in [0.1, 0.15) is 39.2 Å². The van der Waals surface area contributed by atoms with E-state index in [4.69, 9.17) is 14.6 Å². The number of carbonyl (C=O) groups is 2. The zero-order valence-corrected chi connectivity index (χ0v) is 16.7. The first kappa shape index (κ1) is 19.1. The summed E-state index contributed by atoms with van der Waals surface area (Å²) in [5.74, 6) is -0.815. The Hall–Kier alpha value is -1.67. The monoisotopic (exact) mass is 426 g/mol. The van der Waals surface area contributed by atoms with Gasteiger partial charge in [0.05, 0.1) is 6.04 Å². The molecule has 7 nitrogen and oxygen atoms in total. The smallest absolute Gasteiger partial charge is 0.410 e. The van der Waals surface area contributed by atoms with Gasteiger partial charge in [0.25, 0.3) is 0 Å². The maximum Gasteiger partial charge on any atom is 0.410 e. The number of ether oxygens (including phenoxy) is 2. The second kappa shape index (κ2) is 6.81. The van der Waals surface area contributed by atoms with Crippen molar-refractivity contribution in [2.75, 3.05) is 13.2 Å². The van der Waals surface area contributed by atoms with Gasteiger partial charge in [-0.15, -0.1) is 0 Å². The summed E-state index contributed by atoms with van der Waals surface area (Å²) in [6.07, 6.45) is 2.65. The van der Waals surface area contributed by atoms with E-state index < -0.39 is 29.9 Å². The number of carboxylic acid groups (broad SMARTS) is 1. The number of aliphatic carboxylic acids is 1. The first-order chi connectivity index (χ1) is 12.1. The average Bonchev–Trinajstić information content (AvgIpc) is 3.10. The van der Waals surface area contributed by atoms with Crippen LogP contribution in [-0.4, -0.2) is 51.8 Å². The molecule has 3 atom stereocenters. The molecule has 1 N–H and O–H groups in total. The van der Waals surface area contributed by atoms with Gasteiger partial charge in [0.15, 0.2) is 0 Å². The number of fused-ring (bicyclic) bond motifs is 2. The Bertz CT molecular complexity index is 720. The van der Waals surface area contributed by atoms with Crippen molar-refractivity contribution in [1.82, 2.24) is 9.88 Å². The third kappa shape index (κ3) is 3.57. The van der Waals surface area contributed by atoms with Crippen LogP contribution >= 0.6 is 15.9 Å². The van der Waals surface area contributed by atoms with Crippen molar-refractivity contribution >= 4 is 28.0 Å². The minimum absolute atomic E-state index is 0.230. The van der Waals surface area contributed by atoms with Gasteiger partial charge in [-0.25, -0.2) is 14.6 Å². The van der Waals surface area contributed by atoms with Crippen molar-refractivity contribution < 1.29 is 24.2 Å². The lowest BCUT2D eigenvalue weighted by Crippen LogP contribution is -2.54. The third-order valence-electron chi connectivity index (χ3n) is 4.81. The molecule has 1 aromatic rings. The average molecular weight is 427 g/mol.